The van der Waals surface area contributed by atoms with Crippen molar-refractivity contribution in [1.82, 2.24) is 5.32 Å². The maximum Gasteiger partial charge on any atom is 0.319 e. The van der Waals surface area contributed by atoms with Gasteiger partial charge in [-0.15, -0.1) is 0 Å². The van der Waals surface area contributed by atoms with Crippen molar-refractivity contribution in [2.75, 3.05) is 18.5 Å². The van der Waals surface area contributed by atoms with E-state index in [0.29, 0.717) is 10.7 Å². The van der Waals surface area contributed by atoms with Gasteiger partial charge < -0.3 is 20.5 Å². The fourth-order valence-corrected chi connectivity index (χ4v) is 2.28. The van der Waals surface area contributed by atoms with Gasteiger partial charge in [-0.1, -0.05) is 11.6 Å². The molecule has 1 aromatic rings. The standard InChI is InChI=1S/C12H12BrClN2O4/c13-8-2-1-6(3-9(8)14)15-12(19)16-10-5-20-4-7(10)11(17)18/h1-3,7,10H,4-5H2,(H,17,18)(H2,15,16,19). The second-order valence-electron chi connectivity index (χ2n) is 4.32. The predicted octanol–water partition coefficient (Wildman–Crippen LogP) is 2.32. The summed E-state index contributed by atoms with van der Waals surface area (Å²) in [6.45, 7) is 0.288. The first-order chi connectivity index (χ1) is 9.47. The van der Waals surface area contributed by atoms with E-state index in [1.54, 1.807) is 18.2 Å². The van der Waals surface area contributed by atoms with Gasteiger partial charge in [0.15, 0.2) is 0 Å². The number of benzene rings is 1. The van der Waals surface area contributed by atoms with Crippen LogP contribution in [0.15, 0.2) is 22.7 Å². The Morgan fingerprint density at radius 1 is 1.40 bits per heavy atom. The smallest absolute Gasteiger partial charge is 0.319 e. The lowest BCUT2D eigenvalue weighted by molar-refractivity contribution is -0.142. The molecule has 0 radical (unpaired) electrons. The summed E-state index contributed by atoms with van der Waals surface area (Å²) in [5.41, 5.74) is 0.515. The number of halogens is 2. The molecule has 0 spiro atoms. The van der Waals surface area contributed by atoms with Crippen molar-refractivity contribution in [2.24, 2.45) is 5.92 Å². The van der Waals surface area contributed by atoms with Crippen LogP contribution < -0.4 is 10.6 Å². The summed E-state index contributed by atoms with van der Waals surface area (Å²) in [6, 6.07) is 3.93. The van der Waals surface area contributed by atoms with Crippen molar-refractivity contribution in [3.63, 3.8) is 0 Å². The van der Waals surface area contributed by atoms with Crippen LogP contribution in [0.3, 0.4) is 0 Å². The number of hydrogen-bond acceptors (Lipinski definition) is 3. The summed E-state index contributed by atoms with van der Waals surface area (Å²) in [5.74, 6) is -1.71. The number of nitrogens with one attached hydrogen (secondary N) is 2. The SMILES string of the molecule is O=C(Nc1ccc(Br)c(Cl)c1)NC1COCC1C(=O)O. The topological polar surface area (TPSA) is 87.7 Å². The number of rotatable bonds is 3. The molecule has 0 aromatic heterocycles. The molecule has 1 fully saturated rings. The third kappa shape index (κ3) is 3.62. The summed E-state index contributed by atoms with van der Waals surface area (Å²) >= 11 is 9.16. The number of hydrogen-bond donors (Lipinski definition) is 3. The van der Waals surface area contributed by atoms with Crippen LogP contribution >= 0.6 is 27.5 Å². The van der Waals surface area contributed by atoms with Gasteiger partial charge in [0.05, 0.1) is 24.3 Å². The summed E-state index contributed by atoms with van der Waals surface area (Å²) in [7, 11) is 0. The average molecular weight is 364 g/mol. The molecular formula is C12H12BrClN2O4. The molecule has 108 valence electrons. The van der Waals surface area contributed by atoms with Crippen molar-refractivity contribution in [1.29, 1.82) is 0 Å². The Hall–Kier alpha value is -1.31. The van der Waals surface area contributed by atoms with E-state index >= 15 is 0 Å². The molecule has 0 aliphatic carbocycles. The molecule has 1 aliphatic heterocycles. The second kappa shape index (κ2) is 6.43. The first-order valence-electron chi connectivity index (χ1n) is 5.80. The number of carbonyl (C=O) groups is 2. The van der Waals surface area contributed by atoms with E-state index in [9.17, 15) is 9.59 Å². The van der Waals surface area contributed by atoms with Crippen molar-refractivity contribution in [3.05, 3.63) is 27.7 Å². The van der Waals surface area contributed by atoms with Gasteiger partial charge in [-0.25, -0.2) is 4.79 Å². The Balaban J connectivity index is 1.95. The van der Waals surface area contributed by atoms with E-state index in [2.05, 4.69) is 26.6 Å². The minimum atomic E-state index is -0.987. The molecule has 1 saturated heterocycles. The van der Waals surface area contributed by atoms with Crippen molar-refractivity contribution in [3.8, 4) is 0 Å². The predicted molar refractivity (Wildman–Crippen MR) is 77.0 cm³/mol. The molecule has 0 saturated carbocycles. The minimum Gasteiger partial charge on any atom is -0.481 e. The van der Waals surface area contributed by atoms with Crippen LogP contribution in [0.4, 0.5) is 10.5 Å². The Labute approximate surface area is 128 Å². The zero-order valence-electron chi connectivity index (χ0n) is 10.2. The van der Waals surface area contributed by atoms with Gasteiger partial charge in [0.25, 0.3) is 0 Å². The van der Waals surface area contributed by atoms with Gasteiger partial charge in [0.1, 0.15) is 5.92 Å². The zero-order valence-corrected chi connectivity index (χ0v) is 12.6. The third-order valence-electron chi connectivity index (χ3n) is 2.89. The molecule has 2 atom stereocenters. The van der Waals surface area contributed by atoms with Gasteiger partial charge in [0, 0.05) is 10.2 Å². The van der Waals surface area contributed by atoms with Crippen LogP contribution in [0.1, 0.15) is 0 Å². The molecule has 20 heavy (non-hydrogen) atoms. The Morgan fingerprint density at radius 2 is 2.15 bits per heavy atom. The van der Waals surface area contributed by atoms with Crippen molar-refractivity contribution >= 4 is 45.2 Å². The summed E-state index contributed by atoms with van der Waals surface area (Å²) < 4.78 is 5.79. The highest BCUT2D eigenvalue weighted by Gasteiger charge is 2.35. The highest BCUT2D eigenvalue weighted by molar-refractivity contribution is 9.10. The molecule has 1 aromatic carbocycles. The number of anilines is 1. The normalized spacial score (nSPS) is 21.5. The van der Waals surface area contributed by atoms with E-state index in [1.807, 2.05) is 0 Å². The van der Waals surface area contributed by atoms with Gasteiger partial charge in [-0.2, -0.15) is 0 Å². The van der Waals surface area contributed by atoms with Crippen LogP contribution in [0.5, 0.6) is 0 Å². The zero-order chi connectivity index (χ0) is 14.7. The molecule has 1 aliphatic rings. The number of carboxylic acid groups (broad SMARTS) is 1. The van der Waals surface area contributed by atoms with E-state index in [0.717, 1.165) is 4.47 Å². The van der Waals surface area contributed by atoms with E-state index in [1.165, 1.54) is 0 Å². The maximum atomic E-state index is 11.8. The third-order valence-corrected chi connectivity index (χ3v) is 4.12. The molecule has 2 rings (SSSR count). The first kappa shape index (κ1) is 15.1. The molecule has 6 nitrogen and oxygen atoms in total. The molecule has 3 N–H and O–H groups in total. The van der Waals surface area contributed by atoms with Gasteiger partial charge >= 0.3 is 12.0 Å². The largest absolute Gasteiger partial charge is 0.481 e. The molecule has 2 amide bonds. The fourth-order valence-electron chi connectivity index (χ4n) is 1.85. The Kier molecular flexibility index (Phi) is 4.85. The quantitative estimate of drug-likeness (QED) is 0.769. The number of ether oxygens (including phenoxy) is 1. The summed E-state index contributed by atoms with van der Waals surface area (Å²) in [4.78, 5) is 22.8. The minimum absolute atomic E-state index is 0.102. The molecule has 1 heterocycles. The number of amides is 2. The molecule has 8 heteroatoms. The number of carboxylic acids is 1. The van der Waals surface area contributed by atoms with E-state index in [4.69, 9.17) is 21.4 Å². The van der Waals surface area contributed by atoms with E-state index in [-0.39, 0.29) is 13.2 Å². The van der Waals surface area contributed by atoms with Gasteiger partial charge in [-0.3, -0.25) is 4.79 Å². The van der Waals surface area contributed by atoms with Crippen molar-refractivity contribution < 1.29 is 19.4 Å². The lowest BCUT2D eigenvalue weighted by Gasteiger charge is -2.16. The van der Waals surface area contributed by atoms with Crippen LogP contribution in [0.2, 0.25) is 5.02 Å². The van der Waals surface area contributed by atoms with Crippen molar-refractivity contribution in [2.45, 2.75) is 6.04 Å². The number of aliphatic carboxylic acids is 1. The first-order valence-corrected chi connectivity index (χ1v) is 6.97. The second-order valence-corrected chi connectivity index (χ2v) is 5.58. The van der Waals surface area contributed by atoms with Crippen LogP contribution in [0.25, 0.3) is 0 Å². The summed E-state index contributed by atoms with van der Waals surface area (Å²) in [5, 5.41) is 14.6. The van der Waals surface area contributed by atoms with Crippen LogP contribution in [-0.2, 0) is 9.53 Å². The number of carbonyl (C=O) groups excluding carboxylic acids is 1. The van der Waals surface area contributed by atoms with E-state index < -0.39 is 24.0 Å². The maximum absolute atomic E-state index is 11.8. The Morgan fingerprint density at radius 3 is 2.80 bits per heavy atom. The van der Waals surface area contributed by atoms with Gasteiger partial charge in [-0.05, 0) is 34.1 Å². The van der Waals surface area contributed by atoms with Crippen LogP contribution in [0, 0.1) is 5.92 Å². The lowest BCUT2D eigenvalue weighted by atomic mass is 10.0. The molecule has 0 bridgehead atoms. The monoisotopic (exact) mass is 362 g/mol. The molecule has 2 unspecified atom stereocenters. The highest BCUT2D eigenvalue weighted by atomic mass is 79.9. The fraction of sp³-hybridized carbons (Fsp3) is 0.333. The lowest BCUT2D eigenvalue weighted by Crippen LogP contribution is -2.44. The highest BCUT2D eigenvalue weighted by Crippen LogP contribution is 2.25. The average Bonchev–Trinajstić information content (AvgIpc) is 2.82. The Bertz CT molecular complexity index is 540. The summed E-state index contributed by atoms with van der Waals surface area (Å²) in [6.07, 6.45) is 0. The van der Waals surface area contributed by atoms with Crippen LogP contribution in [-0.4, -0.2) is 36.4 Å². The van der Waals surface area contributed by atoms with Gasteiger partial charge in [0.2, 0.25) is 0 Å². The molecular weight excluding hydrogens is 351 g/mol. The number of urea groups is 1.